The predicted molar refractivity (Wildman–Crippen MR) is 94.2 cm³/mol. The highest BCUT2D eigenvalue weighted by Gasteiger charge is 2.31. The molecule has 2 aromatic rings. The van der Waals surface area contributed by atoms with Gasteiger partial charge in [-0.05, 0) is 36.8 Å². The highest BCUT2D eigenvalue weighted by Crippen LogP contribution is 2.22. The van der Waals surface area contributed by atoms with Crippen molar-refractivity contribution in [3.8, 4) is 0 Å². The molecule has 1 fully saturated rings. The van der Waals surface area contributed by atoms with Crippen molar-refractivity contribution in [1.82, 2.24) is 9.97 Å². The third kappa shape index (κ3) is 4.05. The summed E-state index contributed by atoms with van der Waals surface area (Å²) in [5, 5.41) is 12.0. The number of sulfone groups is 1. The molecule has 1 aliphatic heterocycles. The van der Waals surface area contributed by atoms with E-state index in [1.165, 1.54) is 12.1 Å². The van der Waals surface area contributed by atoms with E-state index in [2.05, 4.69) is 15.3 Å². The summed E-state index contributed by atoms with van der Waals surface area (Å²) in [7, 11) is -1.20. The van der Waals surface area contributed by atoms with Crippen LogP contribution in [-0.2, 0) is 9.84 Å². The molecule has 8 nitrogen and oxygen atoms in total. The van der Waals surface area contributed by atoms with E-state index in [1.54, 1.807) is 36.3 Å². The van der Waals surface area contributed by atoms with Crippen LogP contribution in [0.2, 0.25) is 0 Å². The van der Waals surface area contributed by atoms with Crippen molar-refractivity contribution < 1.29 is 18.3 Å². The maximum Gasteiger partial charge on any atom is 0.335 e. The van der Waals surface area contributed by atoms with Crippen LogP contribution >= 0.6 is 0 Å². The van der Waals surface area contributed by atoms with Crippen LogP contribution in [0, 0.1) is 0 Å². The van der Waals surface area contributed by atoms with Gasteiger partial charge in [-0.15, -0.1) is 0 Å². The molecule has 0 radical (unpaired) electrons. The second kappa shape index (κ2) is 6.67. The summed E-state index contributed by atoms with van der Waals surface area (Å²) in [6, 6.07) is 7.87. The molecule has 0 amide bonds. The fourth-order valence-electron chi connectivity index (χ4n) is 2.68. The van der Waals surface area contributed by atoms with Gasteiger partial charge in [0.15, 0.2) is 9.84 Å². The van der Waals surface area contributed by atoms with E-state index < -0.39 is 15.8 Å². The molecule has 0 bridgehead atoms. The lowest BCUT2D eigenvalue weighted by Gasteiger charge is -2.23. The van der Waals surface area contributed by atoms with Gasteiger partial charge in [0, 0.05) is 25.0 Å². The van der Waals surface area contributed by atoms with Crippen LogP contribution in [0.25, 0.3) is 0 Å². The first kappa shape index (κ1) is 17.2. The van der Waals surface area contributed by atoms with Gasteiger partial charge in [-0.25, -0.2) is 18.2 Å². The molecule has 1 unspecified atom stereocenters. The van der Waals surface area contributed by atoms with E-state index >= 15 is 0 Å². The van der Waals surface area contributed by atoms with Gasteiger partial charge < -0.3 is 15.3 Å². The first-order chi connectivity index (χ1) is 11.8. The lowest BCUT2D eigenvalue weighted by Crippen LogP contribution is -2.33. The molecule has 1 aromatic carbocycles. The maximum atomic E-state index is 11.6. The standard InChI is InChI=1S/C16H18N4O4S/c1-20(13-7-9-25(23,24)10-13)16-17-8-6-14(19-16)18-12-4-2-11(3-5-12)15(21)22/h2-6,8,13H,7,9-10H2,1H3,(H,21,22)(H,17,18,19). The SMILES string of the molecule is CN(c1nccc(Nc2ccc(C(=O)O)cc2)n1)C1CCS(=O)(=O)C1. The van der Waals surface area contributed by atoms with Gasteiger partial charge in [-0.3, -0.25) is 0 Å². The number of carbonyl (C=O) groups is 1. The van der Waals surface area contributed by atoms with Gasteiger partial charge in [0.25, 0.3) is 0 Å². The molecule has 1 saturated heterocycles. The van der Waals surface area contributed by atoms with E-state index in [9.17, 15) is 13.2 Å². The third-order valence-electron chi connectivity index (χ3n) is 4.12. The van der Waals surface area contributed by atoms with E-state index in [4.69, 9.17) is 5.11 Å². The van der Waals surface area contributed by atoms with Crippen molar-refractivity contribution in [3.63, 3.8) is 0 Å². The largest absolute Gasteiger partial charge is 0.478 e. The van der Waals surface area contributed by atoms with Gasteiger partial charge in [0.1, 0.15) is 5.82 Å². The Morgan fingerprint density at radius 2 is 2.00 bits per heavy atom. The summed E-state index contributed by atoms with van der Waals surface area (Å²) >= 11 is 0. The topological polar surface area (TPSA) is 112 Å². The number of benzene rings is 1. The van der Waals surface area contributed by atoms with E-state index in [1.807, 2.05) is 0 Å². The normalized spacial score (nSPS) is 18.7. The van der Waals surface area contributed by atoms with Gasteiger partial charge in [0.05, 0.1) is 17.1 Å². The van der Waals surface area contributed by atoms with Crippen molar-refractivity contribution >= 4 is 33.3 Å². The number of nitrogens with zero attached hydrogens (tertiary/aromatic N) is 3. The minimum atomic E-state index is -2.98. The summed E-state index contributed by atoms with van der Waals surface area (Å²) in [5.74, 6) is 0.302. The Labute approximate surface area is 145 Å². The molecule has 3 rings (SSSR count). The average molecular weight is 362 g/mol. The predicted octanol–water partition coefficient (Wildman–Crippen LogP) is 1.54. The van der Waals surface area contributed by atoms with Gasteiger partial charge in [-0.2, -0.15) is 4.98 Å². The first-order valence-electron chi connectivity index (χ1n) is 7.71. The van der Waals surface area contributed by atoms with Crippen LogP contribution in [-0.4, -0.2) is 54.1 Å². The number of anilines is 3. The molecule has 1 aliphatic rings. The lowest BCUT2D eigenvalue weighted by molar-refractivity contribution is 0.0697. The highest BCUT2D eigenvalue weighted by atomic mass is 32.2. The Hall–Kier alpha value is -2.68. The van der Waals surface area contributed by atoms with Crippen LogP contribution in [0.5, 0.6) is 0 Å². The van der Waals surface area contributed by atoms with Crippen molar-refractivity contribution in [2.45, 2.75) is 12.5 Å². The highest BCUT2D eigenvalue weighted by molar-refractivity contribution is 7.91. The zero-order valence-electron chi connectivity index (χ0n) is 13.6. The molecular formula is C16H18N4O4S. The fraction of sp³-hybridized carbons (Fsp3) is 0.312. The van der Waals surface area contributed by atoms with Gasteiger partial charge in [-0.1, -0.05) is 0 Å². The Morgan fingerprint density at radius 1 is 1.28 bits per heavy atom. The number of carboxylic acid groups (broad SMARTS) is 1. The molecule has 0 saturated carbocycles. The summed E-state index contributed by atoms with van der Waals surface area (Å²) < 4.78 is 23.3. The Bertz CT molecular complexity index is 883. The number of hydrogen-bond donors (Lipinski definition) is 2. The number of hydrogen-bond acceptors (Lipinski definition) is 7. The summed E-state index contributed by atoms with van der Waals surface area (Å²) in [5.41, 5.74) is 0.900. The molecular weight excluding hydrogens is 344 g/mol. The molecule has 1 aromatic heterocycles. The zero-order chi connectivity index (χ0) is 18.0. The monoisotopic (exact) mass is 362 g/mol. The number of carboxylic acids is 1. The number of rotatable bonds is 5. The molecule has 0 spiro atoms. The molecule has 0 aliphatic carbocycles. The van der Waals surface area contributed by atoms with Crippen LogP contribution < -0.4 is 10.2 Å². The Morgan fingerprint density at radius 3 is 2.60 bits per heavy atom. The quantitative estimate of drug-likeness (QED) is 0.824. The molecule has 2 N–H and O–H groups in total. The van der Waals surface area contributed by atoms with Crippen LogP contribution in [0.15, 0.2) is 36.5 Å². The first-order valence-corrected chi connectivity index (χ1v) is 9.53. The summed E-state index contributed by atoms with van der Waals surface area (Å²) in [6.07, 6.45) is 2.16. The lowest BCUT2D eigenvalue weighted by atomic mass is 10.2. The van der Waals surface area contributed by atoms with Gasteiger partial charge >= 0.3 is 5.97 Å². The smallest absolute Gasteiger partial charge is 0.335 e. The maximum absolute atomic E-state index is 11.6. The van der Waals surface area contributed by atoms with Crippen molar-refractivity contribution in [2.75, 3.05) is 28.8 Å². The third-order valence-corrected chi connectivity index (χ3v) is 5.87. The van der Waals surface area contributed by atoms with Crippen molar-refractivity contribution in [2.24, 2.45) is 0 Å². The molecule has 132 valence electrons. The summed E-state index contributed by atoms with van der Waals surface area (Å²) in [4.78, 5) is 21.3. The number of aromatic carboxylic acids is 1. The fourth-order valence-corrected chi connectivity index (χ4v) is 4.45. The van der Waals surface area contributed by atoms with Crippen LogP contribution in [0.1, 0.15) is 16.8 Å². The van der Waals surface area contributed by atoms with E-state index in [0.29, 0.717) is 23.9 Å². The molecule has 2 heterocycles. The van der Waals surface area contributed by atoms with Gasteiger partial charge in [0.2, 0.25) is 5.95 Å². The minimum absolute atomic E-state index is 0.112. The Balaban J connectivity index is 1.74. The zero-order valence-corrected chi connectivity index (χ0v) is 14.4. The molecule has 1 atom stereocenters. The minimum Gasteiger partial charge on any atom is -0.478 e. The van der Waals surface area contributed by atoms with Crippen molar-refractivity contribution in [3.05, 3.63) is 42.1 Å². The summed E-state index contributed by atoms with van der Waals surface area (Å²) in [6.45, 7) is 0. The van der Waals surface area contributed by atoms with Crippen molar-refractivity contribution in [1.29, 1.82) is 0 Å². The van der Waals surface area contributed by atoms with Crippen LogP contribution in [0.3, 0.4) is 0 Å². The number of nitrogens with one attached hydrogen (secondary N) is 1. The van der Waals surface area contributed by atoms with Crippen LogP contribution in [0.4, 0.5) is 17.5 Å². The Kier molecular flexibility index (Phi) is 4.58. The van der Waals surface area contributed by atoms with E-state index in [0.717, 1.165) is 0 Å². The van der Waals surface area contributed by atoms with E-state index in [-0.39, 0.29) is 23.1 Å². The molecule has 25 heavy (non-hydrogen) atoms. The second-order valence-electron chi connectivity index (χ2n) is 5.92. The number of aromatic nitrogens is 2. The molecule has 9 heteroatoms. The second-order valence-corrected chi connectivity index (χ2v) is 8.15. The average Bonchev–Trinajstić information content (AvgIpc) is 2.95.